The molecule has 0 spiro atoms. The molecule has 15 heavy (non-hydrogen) atoms. The predicted molar refractivity (Wildman–Crippen MR) is 48.1 cm³/mol. The molecular formula is C9H6ClF3O2. The lowest BCUT2D eigenvalue weighted by Crippen LogP contribution is -2.18. The molecule has 1 aromatic carbocycles. The van der Waals surface area contributed by atoms with Gasteiger partial charge in [0, 0.05) is 11.1 Å². The molecule has 0 heterocycles. The maximum Gasteiger partial charge on any atom is 0.573 e. The van der Waals surface area contributed by atoms with Crippen molar-refractivity contribution in [3.8, 4) is 5.75 Å². The zero-order valence-electron chi connectivity index (χ0n) is 7.34. The maximum absolute atomic E-state index is 11.9. The Hall–Kier alpha value is -1.23. The lowest BCUT2D eigenvalue weighted by atomic mass is 10.1. The molecule has 2 nitrogen and oxygen atoms in total. The highest BCUT2D eigenvalue weighted by molar-refractivity contribution is 6.17. The van der Waals surface area contributed by atoms with Crippen molar-refractivity contribution < 1.29 is 22.7 Å². The average molecular weight is 239 g/mol. The van der Waals surface area contributed by atoms with Crippen molar-refractivity contribution in [3.63, 3.8) is 0 Å². The van der Waals surface area contributed by atoms with Crippen LogP contribution in [0.3, 0.4) is 0 Å². The van der Waals surface area contributed by atoms with E-state index in [1.54, 1.807) is 0 Å². The Morgan fingerprint density at radius 3 is 2.53 bits per heavy atom. The molecule has 0 atom stereocenters. The van der Waals surface area contributed by atoms with E-state index in [0.29, 0.717) is 6.29 Å². The monoisotopic (exact) mass is 238 g/mol. The molecule has 0 aliphatic rings. The lowest BCUT2D eigenvalue weighted by molar-refractivity contribution is -0.274. The number of hydrogen-bond acceptors (Lipinski definition) is 2. The molecule has 0 radical (unpaired) electrons. The molecule has 0 amide bonds. The van der Waals surface area contributed by atoms with Crippen LogP contribution < -0.4 is 4.74 Å². The number of halogens is 4. The Balaban J connectivity index is 3.02. The Labute approximate surface area is 88.6 Å². The maximum atomic E-state index is 11.9. The summed E-state index contributed by atoms with van der Waals surface area (Å²) in [4.78, 5) is 10.4. The normalized spacial score (nSPS) is 11.2. The van der Waals surface area contributed by atoms with E-state index >= 15 is 0 Å². The molecule has 0 unspecified atom stereocenters. The van der Waals surface area contributed by atoms with Crippen LogP contribution in [0.2, 0.25) is 0 Å². The van der Waals surface area contributed by atoms with Crippen LogP contribution in [0.1, 0.15) is 15.9 Å². The lowest BCUT2D eigenvalue weighted by Gasteiger charge is -2.11. The van der Waals surface area contributed by atoms with Crippen LogP contribution in [0.15, 0.2) is 18.2 Å². The van der Waals surface area contributed by atoms with Gasteiger partial charge in [-0.3, -0.25) is 4.79 Å². The molecule has 0 aromatic heterocycles. The fourth-order valence-electron chi connectivity index (χ4n) is 1.00. The summed E-state index contributed by atoms with van der Waals surface area (Å²) in [5.74, 6) is -0.546. The molecule has 0 N–H and O–H groups in total. The molecule has 6 heteroatoms. The Kier molecular flexibility index (Phi) is 3.57. The van der Waals surface area contributed by atoms with Gasteiger partial charge in [0.2, 0.25) is 0 Å². The highest BCUT2D eigenvalue weighted by atomic mass is 35.5. The molecule has 0 saturated carbocycles. The van der Waals surface area contributed by atoms with Gasteiger partial charge >= 0.3 is 6.36 Å². The molecule has 0 aliphatic heterocycles. The molecule has 0 aliphatic carbocycles. The summed E-state index contributed by atoms with van der Waals surface area (Å²) in [6, 6.07) is 3.54. The van der Waals surface area contributed by atoms with Gasteiger partial charge < -0.3 is 4.74 Å². The number of ether oxygens (including phenoxy) is 1. The minimum Gasteiger partial charge on any atom is -0.405 e. The van der Waals surface area contributed by atoms with Crippen LogP contribution in [-0.4, -0.2) is 12.6 Å². The van der Waals surface area contributed by atoms with Gasteiger partial charge in [0.15, 0.2) is 0 Å². The first-order chi connectivity index (χ1) is 6.96. The minimum absolute atomic E-state index is 0.124. The van der Waals surface area contributed by atoms with Crippen LogP contribution in [-0.2, 0) is 5.88 Å². The van der Waals surface area contributed by atoms with Crippen LogP contribution in [0, 0.1) is 0 Å². The van der Waals surface area contributed by atoms with E-state index in [-0.39, 0.29) is 22.8 Å². The summed E-state index contributed by atoms with van der Waals surface area (Å²) in [6.07, 6.45) is -4.24. The van der Waals surface area contributed by atoms with E-state index in [1.807, 2.05) is 0 Å². The second-order valence-electron chi connectivity index (χ2n) is 2.67. The quantitative estimate of drug-likeness (QED) is 0.597. The zero-order chi connectivity index (χ0) is 11.5. The van der Waals surface area contributed by atoms with Crippen molar-refractivity contribution in [2.45, 2.75) is 12.2 Å². The third-order valence-corrected chi connectivity index (χ3v) is 1.88. The predicted octanol–water partition coefficient (Wildman–Crippen LogP) is 3.14. The van der Waals surface area contributed by atoms with E-state index in [2.05, 4.69) is 4.74 Å². The first-order valence-corrected chi connectivity index (χ1v) is 4.39. The minimum atomic E-state index is -4.76. The van der Waals surface area contributed by atoms with Gasteiger partial charge in [-0.25, -0.2) is 0 Å². The van der Waals surface area contributed by atoms with E-state index in [1.165, 1.54) is 12.1 Å². The van der Waals surface area contributed by atoms with Crippen LogP contribution in [0.4, 0.5) is 13.2 Å². The van der Waals surface area contributed by atoms with E-state index < -0.39 is 6.36 Å². The van der Waals surface area contributed by atoms with Gasteiger partial charge in [0.25, 0.3) is 0 Å². The second-order valence-corrected chi connectivity index (χ2v) is 2.93. The number of carbonyl (C=O) groups excluding carboxylic acids is 1. The number of rotatable bonds is 3. The number of hydrogen-bond donors (Lipinski definition) is 0. The summed E-state index contributed by atoms with van der Waals surface area (Å²) >= 11 is 5.43. The summed E-state index contributed by atoms with van der Waals surface area (Å²) in [6.45, 7) is 0. The number of carbonyl (C=O) groups is 1. The summed E-state index contributed by atoms with van der Waals surface area (Å²) in [5, 5.41) is 0. The Morgan fingerprint density at radius 2 is 2.07 bits per heavy atom. The van der Waals surface area contributed by atoms with Crippen molar-refractivity contribution >= 4 is 17.9 Å². The first-order valence-electron chi connectivity index (χ1n) is 3.86. The zero-order valence-corrected chi connectivity index (χ0v) is 8.10. The van der Waals surface area contributed by atoms with Crippen molar-refractivity contribution in [2.75, 3.05) is 0 Å². The third kappa shape index (κ3) is 3.43. The van der Waals surface area contributed by atoms with Crippen molar-refractivity contribution in [2.24, 2.45) is 0 Å². The van der Waals surface area contributed by atoms with E-state index in [4.69, 9.17) is 11.6 Å². The summed E-state index contributed by atoms with van der Waals surface area (Å²) < 4.78 is 39.4. The van der Waals surface area contributed by atoms with Crippen LogP contribution >= 0.6 is 11.6 Å². The Morgan fingerprint density at radius 1 is 1.40 bits per heavy atom. The van der Waals surface area contributed by atoms with Gasteiger partial charge in [-0.2, -0.15) is 0 Å². The Bertz CT molecular complexity index is 363. The molecule has 0 saturated heterocycles. The van der Waals surface area contributed by atoms with Gasteiger partial charge in [0.1, 0.15) is 12.0 Å². The van der Waals surface area contributed by atoms with Gasteiger partial charge in [-0.05, 0) is 18.2 Å². The van der Waals surface area contributed by atoms with E-state index in [9.17, 15) is 18.0 Å². The van der Waals surface area contributed by atoms with Gasteiger partial charge in [-0.1, -0.05) is 0 Å². The molecular weight excluding hydrogens is 233 g/mol. The highest BCUT2D eigenvalue weighted by Gasteiger charge is 2.31. The van der Waals surface area contributed by atoms with Crippen molar-refractivity contribution in [3.05, 3.63) is 29.3 Å². The fourth-order valence-corrected chi connectivity index (χ4v) is 1.21. The molecule has 1 rings (SSSR count). The SMILES string of the molecule is O=Cc1ccc(OC(F)(F)F)c(CCl)c1. The summed E-state index contributed by atoms with van der Waals surface area (Å²) in [7, 11) is 0. The second kappa shape index (κ2) is 4.53. The molecule has 0 fully saturated rings. The number of benzene rings is 1. The summed E-state index contributed by atoms with van der Waals surface area (Å²) in [5.41, 5.74) is 0.374. The van der Waals surface area contributed by atoms with Gasteiger partial charge in [-0.15, -0.1) is 24.8 Å². The standard InChI is InChI=1S/C9H6ClF3O2/c10-4-7-3-6(5-14)1-2-8(7)15-9(11,12)13/h1-3,5H,4H2. The number of alkyl halides is 4. The van der Waals surface area contributed by atoms with Crippen LogP contribution in [0.25, 0.3) is 0 Å². The average Bonchev–Trinajstić information content (AvgIpc) is 2.16. The smallest absolute Gasteiger partial charge is 0.405 e. The van der Waals surface area contributed by atoms with Crippen molar-refractivity contribution in [1.29, 1.82) is 0 Å². The molecule has 1 aromatic rings. The fraction of sp³-hybridized carbons (Fsp3) is 0.222. The third-order valence-electron chi connectivity index (χ3n) is 1.59. The van der Waals surface area contributed by atoms with Crippen molar-refractivity contribution in [1.82, 2.24) is 0 Å². The largest absolute Gasteiger partial charge is 0.573 e. The first kappa shape index (κ1) is 11.8. The number of aldehydes is 1. The highest BCUT2D eigenvalue weighted by Crippen LogP contribution is 2.27. The topological polar surface area (TPSA) is 26.3 Å². The van der Waals surface area contributed by atoms with Crippen LogP contribution in [0.5, 0.6) is 5.75 Å². The molecule has 0 bridgehead atoms. The molecule has 82 valence electrons. The van der Waals surface area contributed by atoms with Gasteiger partial charge in [0.05, 0.1) is 5.88 Å². The van der Waals surface area contributed by atoms with E-state index in [0.717, 1.165) is 6.07 Å².